The Labute approximate surface area is 189 Å². The average Bonchev–Trinajstić information content (AvgIpc) is 3.48. The van der Waals surface area contributed by atoms with Crippen LogP contribution in [0.4, 0.5) is 11.8 Å². The molecule has 0 saturated carbocycles. The molecule has 6 rings (SSSR count). The van der Waals surface area contributed by atoms with E-state index in [-0.39, 0.29) is 11.8 Å². The number of hydrogen-bond acceptors (Lipinski definition) is 6. The molecule has 1 amide bonds. The number of hydrogen-bond donors (Lipinski definition) is 2. The van der Waals surface area contributed by atoms with Gasteiger partial charge in [0.05, 0.1) is 11.0 Å². The van der Waals surface area contributed by atoms with Crippen LogP contribution in [0.5, 0.6) is 0 Å². The number of carbonyl (C=O) groups is 1. The number of H-pyrrole nitrogens is 1. The minimum absolute atomic E-state index is 0.00212. The zero-order valence-corrected chi connectivity index (χ0v) is 17.8. The summed E-state index contributed by atoms with van der Waals surface area (Å²) in [4.78, 5) is 22.6. The van der Waals surface area contributed by atoms with Crippen molar-refractivity contribution in [2.75, 3.05) is 23.3 Å². The maximum Gasteiger partial charge on any atom is 0.229 e. The second-order valence-corrected chi connectivity index (χ2v) is 8.20. The number of para-hydroxylation sites is 2. The van der Waals surface area contributed by atoms with Gasteiger partial charge >= 0.3 is 0 Å². The predicted molar refractivity (Wildman–Crippen MR) is 126 cm³/mol. The van der Waals surface area contributed by atoms with Gasteiger partial charge in [-0.3, -0.25) is 10.1 Å². The molecule has 0 unspecified atom stereocenters. The Morgan fingerprint density at radius 3 is 2.55 bits per heavy atom. The summed E-state index contributed by atoms with van der Waals surface area (Å²) in [5, 5.41) is 16.3. The summed E-state index contributed by atoms with van der Waals surface area (Å²) in [5.41, 5.74) is 3.43. The molecule has 1 aliphatic heterocycles. The number of rotatable bonds is 4. The topological polar surface area (TPSA) is 104 Å². The number of anilines is 2. The summed E-state index contributed by atoms with van der Waals surface area (Å²) in [6.45, 7) is 1.50. The third kappa shape index (κ3) is 3.67. The number of imidazole rings is 1. The first kappa shape index (κ1) is 19.4. The van der Waals surface area contributed by atoms with Crippen molar-refractivity contribution in [1.29, 1.82) is 0 Å². The number of benzene rings is 2. The molecule has 164 valence electrons. The van der Waals surface area contributed by atoms with E-state index in [1.807, 2.05) is 66.7 Å². The van der Waals surface area contributed by atoms with Gasteiger partial charge in [-0.2, -0.15) is 4.52 Å². The number of piperidine rings is 1. The van der Waals surface area contributed by atoms with Gasteiger partial charge in [0.25, 0.3) is 0 Å². The third-order valence-corrected chi connectivity index (χ3v) is 6.10. The molecular weight excluding hydrogens is 416 g/mol. The maximum absolute atomic E-state index is 12.8. The first-order valence-corrected chi connectivity index (χ1v) is 11.0. The Morgan fingerprint density at radius 2 is 1.73 bits per heavy atom. The Hall–Kier alpha value is -4.27. The van der Waals surface area contributed by atoms with Crippen LogP contribution in [0.1, 0.15) is 12.8 Å². The van der Waals surface area contributed by atoms with E-state index in [0.717, 1.165) is 48.3 Å². The molecule has 4 heterocycles. The third-order valence-electron chi connectivity index (χ3n) is 6.10. The van der Waals surface area contributed by atoms with Gasteiger partial charge in [0.1, 0.15) is 5.82 Å². The number of aromatic nitrogens is 6. The second kappa shape index (κ2) is 8.01. The van der Waals surface area contributed by atoms with Crippen molar-refractivity contribution in [3.63, 3.8) is 0 Å². The SMILES string of the molecule is O=C(Nc1nc2ccccc2[nH]1)C1CCN(c2ccc3nnc(-c4ccccc4)n3n2)CC1. The highest BCUT2D eigenvalue weighted by atomic mass is 16.2. The standard InChI is InChI=1S/C24H22N8O/c33-23(27-24-25-18-8-4-5-9-19(18)26-24)17-12-14-31(15-13-17)21-11-10-20-28-29-22(32(20)30-21)16-6-2-1-3-7-16/h1-11,17H,12-15H2,(H2,25,26,27,33). The first-order chi connectivity index (χ1) is 16.2. The van der Waals surface area contributed by atoms with Crippen LogP contribution in [-0.4, -0.2) is 48.8 Å². The number of carbonyl (C=O) groups excluding carboxylic acids is 1. The lowest BCUT2D eigenvalue weighted by Crippen LogP contribution is -2.38. The van der Waals surface area contributed by atoms with Gasteiger partial charge in [-0.25, -0.2) is 4.98 Å². The van der Waals surface area contributed by atoms with E-state index in [4.69, 9.17) is 5.10 Å². The van der Waals surface area contributed by atoms with E-state index in [1.54, 1.807) is 4.52 Å². The smallest absolute Gasteiger partial charge is 0.229 e. The Kier molecular flexibility index (Phi) is 4.71. The maximum atomic E-state index is 12.8. The van der Waals surface area contributed by atoms with Gasteiger partial charge in [-0.15, -0.1) is 15.3 Å². The monoisotopic (exact) mass is 438 g/mol. The molecule has 1 aliphatic rings. The Bertz CT molecular complexity index is 1400. The number of nitrogens with zero attached hydrogens (tertiary/aromatic N) is 6. The Morgan fingerprint density at radius 1 is 0.939 bits per heavy atom. The van der Waals surface area contributed by atoms with E-state index in [2.05, 4.69) is 30.4 Å². The summed E-state index contributed by atoms with van der Waals surface area (Å²) in [5.74, 6) is 2.01. The lowest BCUT2D eigenvalue weighted by molar-refractivity contribution is -0.120. The summed E-state index contributed by atoms with van der Waals surface area (Å²) in [7, 11) is 0. The molecule has 1 fully saturated rings. The van der Waals surface area contributed by atoms with Crippen molar-refractivity contribution in [1.82, 2.24) is 29.8 Å². The number of nitrogens with one attached hydrogen (secondary N) is 2. The molecule has 0 bridgehead atoms. The van der Waals surface area contributed by atoms with E-state index in [0.29, 0.717) is 17.4 Å². The minimum Gasteiger partial charge on any atom is -0.355 e. The molecule has 33 heavy (non-hydrogen) atoms. The van der Waals surface area contributed by atoms with E-state index in [9.17, 15) is 4.79 Å². The van der Waals surface area contributed by atoms with Crippen LogP contribution < -0.4 is 10.2 Å². The molecule has 2 aromatic carbocycles. The molecule has 5 aromatic rings. The van der Waals surface area contributed by atoms with Crippen LogP contribution in [0.25, 0.3) is 28.1 Å². The normalized spacial score (nSPS) is 14.7. The molecular formula is C24H22N8O. The molecule has 0 aliphatic carbocycles. The van der Waals surface area contributed by atoms with E-state index in [1.165, 1.54) is 0 Å². The fraction of sp³-hybridized carbons (Fsp3) is 0.208. The van der Waals surface area contributed by atoms with Crippen molar-refractivity contribution in [2.45, 2.75) is 12.8 Å². The zero-order chi connectivity index (χ0) is 22.2. The highest BCUT2D eigenvalue weighted by Gasteiger charge is 2.26. The van der Waals surface area contributed by atoms with Crippen LogP contribution in [-0.2, 0) is 4.79 Å². The molecule has 1 saturated heterocycles. The lowest BCUT2D eigenvalue weighted by atomic mass is 9.96. The van der Waals surface area contributed by atoms with Crippen molar-refractivity contribution >= 4 is 34.4 Å². The van der Waals surface area contributed by atoms with Crippen molar-refractivity contribution < 1.29 is 4.79 Å². The summed E-state index contributed by atoms with van der Waals surface area (Å²) in [6.07, 6.45) is 1.50. The number of amides is 1. The van der Waals surface area contributed by atoms with E-state index < -0.39 is 0 Å². The highest BCUT2D eigenvalue weighted by molar-refractivity contribution is 5.92. The van der Waals surface area contributed by atoms with Crippen LogP contribution in [0.2, 0.25) is 0 Å². The van der Waals surface area contributed by atoms with Crippen molar-refractivity contribution in [3.8, 4) is 11.4 Å². The molecule has 0 radical (unpaired) electrons. The van der Waals surface area contributed by atoms with Gasteiger partial charge in [0, 0.05) is 24.6 Å². The quantitative estimate of drug-likeness (QED) is 0.445. The summed E-state index contributed by atoms with van der Waals surface area (Å²) < 4.78 is 1.78. The Balaban J connectivity index is 1.15. The van der Waals surface area contributed by atoms with Crippen molar-refractivity contribution in [2.24, 2.45) is 5.92 Å². The van der Waals surface area contributed by atoms with Gasteiger partial charge in [-0.05, 0) is 37.1 Å². The molecule has 0 atom stereocenters. The second-order valence-electron chi connectivity index (χ2n) is 8.20. The van der Waals surface area contributed by atoms with Gasteiger partial charge in [0.2, 0.25) is 11.9 Å². The molecule has 9 nitrogen and oxygen atoms in total. The van der Waals surface area contributed by atoms with Crippen LogP contribution >= 0.6 is 0 Å². The average molecular weight is 438 g/mol. The van der Waals surface area contributed by atoms with Gasteiger partial charge in [-0.1, -0.05) is 42.5 Å². The van der Waals surface area contributed by atoms with Gasteiger partial charge < -0.3 is 9.88 Å². The molecule has 2 N–H and O–H groups in total. The lowest BCUT2D eigenvalue weighted by Gasteiger charge is -2.31. The fourth-order valence-corrected chi connectivity index (χ4v) is 4.32. The summed E-state index contributed by atoms with van der Waals surface area (Å²) in [6, 6.07) is 21.5. The number of aromatic amines is 1. The van der Waals surface area contributed by atoms with Crippen molar-refractivity contribution in [3.05, 3.63) is 66.7 Å². The zero-order valence-electron chi connectivity index (χ0n) is 17.8. The first-order valence-electron chi connectivity index (χ1n) is 11.0. The molecule has 3 aromatic heterocycles. The fourth-order valence-electron chi connectivity index (χ4n) is 4.32. The minimum atomic E-state index is -0.0621. The van der Waals surface area contributed by atoms with E-state index >= 15 is 0 Å². The number of fused-ring (bicyclic) bond motifs is 2. The predicted octanol–water partition coefficient (Wildman–Crippen LogP) is 3.52. The molecule has 9 heteroatoms. The van der Waals surface area contributed by atoms with Crippen LogP contribution in [0, 0.1) is 5.92 Å². The largest absolute Gasteiger partial charge is 0.355 e. The summed E-state index contributed by atoms with van der Waals surface area (Å²) >= 11 is 0. The van der Waals surface area contributed by atoms with Gasteiger partial charge in [0.15, 0.2) is 11.5 Å². The molecule has 0 spiro atoms. The van der Waals surface area contributed by atoms with Crippen LogP contribution in [0.15, 0.2) is 66.7 Å². The highest BCUT2D eigenvalue weighted by Crippen LogP contribution is 2.25. The van der Waals surface area contributed by atoms with Crippen LogP contribution in [0.3, 0.4) is 0 Å².